The van der Waals surface area contributed by atoms with Gasteiger partial charge < -0.3 is 14.2 Å². The Morgan fingerprint density at radius 2 is 1.81 bits per heavy atom. The number of nitrogens with two attached hydrogens (primary N) is 1. The Balaban J connectivity index is 2.52. The van der Waals surface area contributed by atoms with E-state index in [1.807, 2.05) is 13.8 Å². The molecule has 1 atom stereocenters. The maximum absolute atomic E-state index is 5.61. The molecule has 5 heteroatoms. The molecule has 0 bridgehead atoms. The molecule has 16 heavy (non-hydrogen) atoms. The summed E-state index contributed by atoms with van der Waals surface area (Å²) in [5.74, 6) is 6.07. The van der Waals surface area contributed by atoms with Gasteiger partial charge in [0.05, 0.1) is 6.04 Å². The van der Waals surface area contributed by atoms with Crippen molar-refractivity contribution in [1.82, 2.24) is 5.43 Å². The Morgan fingerprint density at radius 3 is 2.25 bits per heavy atom. The van der Waals surface area contributed by atoms with Gasteiger partial charge in [0.25, 0.3) is 0 Å². The molecule has 5 nitrogen and oxygen atoms in total. The fourth-order valence-electron chi connectivity index (χ4n) is 2.10. The maximum atomic E-state index is 5.61. The first kappa shape index (κ1) is 13.9. The van der Waals surface area contributed by atoms with Crippen molar-refractivity contribution in [3.8, 4) is 0 Å². The Morgan fingerprint density at radius 1 is 1.25 bits per heavy atom. The van der Waals surface area contributed by atoms with Crippen LogP contribution < -0.4 is 11.3 Å². The first-order valence-corrected chi connectivity index (χ1v) is 6.10. The molecule has 0 spiro atoms. The van der Waals surface area contributed by atoms with E-state index >= 15 is 0 Å². The minimum atomic E-state index is -0.261. The monoisotopic (exact) mass is 232 g/mol. The predicted octanol–water partition coefficient (Wildman–Crippen LogP) is 0.644. The summed E-state index contributed by atoms with van der Waals surface area (Å²) in [6.45, 7) is 6.78. The quantitative estimate of drug-likeness (QED) is 0.383. The minimum absolute atomic E-state index is 0.0452. The molecule has 0 aliphatic carbocycles. The molecular formula is C11H24N2O3. The molecular weight excluding hydrogens is 208 g/mol. The van der Waals surface area contributed by atoms with Crippen molar-refractivity contribution >= 4 is 0 Å². The number of hydrogen-bond acceptors (Lipinski definition) is 5. The van der Waals surface area contributed by atoms with Crippen molar-refractivity contribution in [1.29, 1.82) is 0 Å². The number of ether oxygens (including phenoxy) is 3. The zero-order valence-electron chi connectivity index (χ0n) is 10.3. The van der Waals surface area contributed by atoms with E-state index in [2.05, 4.69) is 5.43 Å². The summed E-state index contributed by atoms with van der Waals surface area (Å²) in [6.07, 6.45) is 1.75. The highest BCUT2D eigenvalue weighted by atomic mass is 16.7. The summed E-state index contributed by atoms with van der Waals surface area (Å²) in [5, 5.41) is 0. The normalized spacial score (nSPS) is 20.2. The highest BCUT2D eigenvalue weighted by molar-refractivity contribution is 4.80. The lowest BCUT2D eigenvalue weighted by Crippen LogP contribution is -2.52. The third kappa shape index (κ3) is 3.99. The summed E-state index contributed by atoms with van der Waals surface area (Å²) < 4.78 is 16.5. The third-order valence-corrected chi connectivity index (χ3v) is 2.92. The topological polar surface area (TPSA) is 65.7 Å². The van der Waals surface area contributed by atoms with Gasteiger partial charge in [-0.05, 0) is 32.6 Å². The second kappa shape index (κ2) is 7.97. The number of hydrogen-bond donors (Lipinski definition) is 2. The van der Waals surface area contributed by atoms with Crippen molar-refractivity contribution in [2.45, 2.75) is 39.0 Å². The molecule has 1 aliphatic rings. The summed E-state index contributed by atoms with van der Waals surface area (Å²) >= 11 is 0. The largest absolute Gasteiger partial charge is 0.381 e. The first-order chi connectivity index (χ1) is 7.83. The predicted molar refractivity (Wildman–Crippen MR) is 61.7 cm³/mol. The van der Waals surface area contributed by atoms with Gasteiger partial charge in [-0.15, -0.1) is 0 Å². The Labute approximate surface area is 97.6 Å². The molecule has 0 aromatic carbocycles. The molecule has 0 aromatic rings. The first-order valence-electron chi connectivity index (χ1n) is 6.10. The van der Waals surface area contributed by atoms with Crippen LogP contribution in [0.1, 0.15) is 26.7 Å². The third-order valence-electron chi connectivity index (χ3n) is 2.92. The molecule has 1 aliphatic heterocycles. The van der Waals surface area contributed by atoms with Crippen LogP contribution in [0.3, 0.4) is 0 Å². The van der Waals surface area contributed by atoms with Crippen molar-refractivity contribution in [3.63, 3.8) is 0 Å². The molecule has 1 fully saturated rings. The van der Waals surface area contributed by atoms with E-state index in [-0.39, 0.29) is 12.3 Å². The van der Waals surface area contributed by atoms with E-state index in [0.717, 1.165) is 26.1 Å². The average Bonchev–Trinajstić information content (AvgIpc) is 2.32. The molecule has 0 aromatic heterocycles. The van der Waals surface area contributed by atoms with Crippen LogP contribution in [0, 0.1) is 5.92 Å². The van der Waals surface area contributed by atoms with Crippen LogP contribution in [0.5, 0.6) is 0 Å². The van der Waals surface area contributed by atoms with Crippen LogP contribution in [0.2, 0.25) is 0 Å². The van der Waals surface area contributed by atoms with Gasteiger partial charge in [0.1, 0.15) is 0 Å². The van der Waals surface area contributed by atoms with Crippen molar-refractivity contribution in [2.75, 3.05) is 26.4 Å². The van der Waals surface area contributed by atoms with Gasteiger partial charge in [-0.3, -0.25) is 11.3 Å². The van der Waals surface area contributed by atoms with Crippen molar-refractivity contribution < 1.29 is 14.2 Å². The lowest BCUT2D eigenvalue weighted by atomic mass is 9.91. The van der Waals surface area contributed by atoms with E-state index in [4.69, 9.17) is 20.1 Å². The fourth-order valence-corrected chi connectivity index (χ4v) is 2.10. The Kier molecular flexibility index (Phi) is 6.91. The highest BCUT2D eigenvalue weighted by Gasteiger charge is 2.31. The van der Waals surface area contributed by atoms with E-state index in [9.17, 15) is 0 Å². The van der Waals surface area contributed by atoms with Crippen molar-refractivity contribution in [3.05, 3.63) is 0 Å². The lowest BCUT2D eigenvalue weighted by molar-refractivity contribution is -0.167. The molecule has 0 amide bonds. The molecule has 1 rings (SSSR count). The molecule has 3 N–H and O–H groups in total. The van der Waals surface area contributed by atoms with Gasteiger partial charge in [-0.2, -0.15) is 0 Å². The summed E-state index contributed by atoms with van der Waals surface area (Å²) in [4.78, 5) is 0. The number of hydrazine groups is 1. The van der Waals surface area contributed by atoms with Gasteiger partial charge in [0, 0.05) is 26.4 Å². The van der Waals surface area contributed by atoms with Crippen molar-refractivity contribution in [2.24, 2.45) is 11.8 Å². The Hall–Kier alpha value is -0.200. The summed E-state index contributed by atoms with van der Waals surface area (Å²) in [5.41, 5.74) is 2.84. The maximum Gasteiger partial charge on any atom is 0.174 e. The Bertz CT molecular complexity index is 169. The van der Waals surface area contributed by atoms with Crippen LogP contribution >= 0.6 is 0 Å². The highest BCUT2D eigenvalue weighted by Crippen LogP contribution is 2.22. The van der Waals surface area contributed by atoms with Gasteiger partial charge in [-0.1, -0.05) is 0 Å². The number of rotatable bonds is 7. The molecule has 1 saturated heterocycles. The van der Waals surface area contributed by atoms with E-state index in [1.165, 1.54) is 0 Å². The standard InChI is InChI=1S/C11H24N2O3/c1-3-15-11(16-4-2)10(13-12)9-5-7-14-8-6-9/h9-11,13H,3-8,12H2,1-2H3. The summed E-state index contributed by atoms with van der Waals surface area (Å²) in [6, 6.07) is 0.0452. The van der Waals surface area contributed by atoms with Crippen LogP contribution in [0.25, 0.3) is 0 Å². The smallest absolute Gasteiger partial charge is 0.174 e. The lowest BCUT2D eigenvalue weighted by Gasteiger charge is -2.34. The summed E-state index contributed by atoms with van der Waals surface area (Å²) in [7, 11) is 0. The SMILES string of the molecule is CCOC(OCC)C(NN)C1CCOCC1. The van der Waals surface area contributed by atoms with Gasteiger partial charge in [0.15, 0.2) is 6.29 Å². The fraction of sp³-hybridized carbons (Fsp3) is 1.00. The molecule has 1 unspecified atom stereocenters. The second-order valence-corrected chi connectivity index (χ2v) is 3.92. The van der Waals surface area contributed by atoms with Crippen LogP contribution in [0.15, 0.2) is 0 Å². The van der Waals surface area contributed by atoms with Crippen LogP contribution in [0.4, 0.5) is 0 Å². The van der Waals surface area contributed by atoms with E-state index in [0.29, 0.717) is 19.1 Å². The molecule has 0 saturated carbocycles. The average molecular weight is 232 g/mol. The van der Waals surface area contributed by atoms with E-state index in [1.54, 1.807) is 0 Å². The molecule has 1 heterocycles. The van der Waals surface area contributed by atoms with E-state index < -0.39 is 0 Å². The van der Waals surface area contributed by atoms with Gasteiger partial charge in [-0.25, -0.2) is 0 Å². The molecule has 0 radical (unpaired) electrons. The second-order valence-electron chi connectivity index (χ2n) is 3.92. The van der Waals surface area contributed by atoms with Crippen LogP contribution in [-0.2, 0) is 14.2 Å². The molecule has 96 valence electrons. The zero-order valence-corrected chi connectivity index (χ0v) is 10.3. The minimum Gasteiger partial charge on any atom is -0.381 e. The van der Waals surface area contributed by atoms with Gasteiger partial charge in [0.2, 0.25) is 0 Å². The number of nitrogens with one attached hydrogen (secondary N) is 1. The van der Waals surface area contributed by atoms with Crippen LogP contribution in [-0.4, -0.2) is 38.8 Å². The van der Waals surface area contributed by atoms with Gasteiger partial charge >= 0.3 is 0 Å². The zero-order chi connectivity index (χ0) is 11.8.